The zero-order valence-electron chi connectivity index (χ0n) is 14.2. The molecule has 5 nitrogen and oxygen atoms in total. The standard InChI is InChI=1S/C18H19N3O2S2/c1-12(2)23-15-7-6-13(9-16(15)22-3)10-19-21-18-20-14(11-25-18)17-5-4-8-24-17/h4-12H,1-3H3,(H,20,21)/b19-10-. The molecule has 0 bridgehead atoms. The van der Waals surface area contributed by atoms with Gasteiger partial charge in [0.1, 0.15) is 0 Å². The molecule has 2 heterocycles. The average Bonchev–Trinajstić information content (AvgIpc) is 3.26. The molecule has 0 unspecified atom stereocenters. The minimum absolute atomic E-state index is 0.0949. The zero-order valence-corrected chi connectivity index (χ0v) is 15.9. The van der Waals surface area contributed by atoms with Crippen molar-refractivity contribution in [1.29, 1.82) is 0 Å². The van der Waals surface area contributed by atoms with E-state index >= 15 is 0 Å². The van der Waals surface area contributed by atoms with Gasteiger partial charge in [0.05, 0.1) is 30.0 Å². The lowest BCUT2D eigenvalue weighted by Gasteiger charge is -2.13. The number of ether oxygens (including phenoxy) is 2. The lowest BCUT2D eigenvalue weighted by atomic mass is 10.2. The Kier molecular flexibility index (Phi) is 5.67. The Bertz CT molecular complexity index is 842. The lowest BCUT2D eigenvalue weighted by molar-refractivity contribution is 0.230. The number of thiophene rings is 1. The summed E-state index contributed by atoms with van der Waals surface area (Å²) in [5, 5.41) is 9.07. The van der Waals surface area contributed by atoms with Crippen LogP contribution in [0, 0.1) is 0 Å². The fourth-order valence-corrected chi connectivity index (χ4v) is 3.56. The van der Waals surface area contributed by atoms with Crippen LogP contribution in [0.3, 0.4) is 0 Å². The second kappa shape index (κ2) is 8.13. The van der Waals surface area contributed by atoms with Crippen molar-refractivity contribution >= 4 is 34.0 Å². The van der Waals surface area contributed by atoms with Gasteiger partial charge < -0.3 is 9.47 Å². The van der Waals surface area contributed by atoms with E-state index in [1.807, 2.05) is 48.9 Å². The highest BCUT2D eigenvalue weighted by molar-refractivity contribution is 7.15. The Morgan fingerprint density at radius 2 is 2.08 bits per heavy atom. The summed E-state index contributed by atoms with van der Waals surface area (Å²) < 4.78 is 11.1. The van der Waals surface area contributed by atoms with Gasteiger partial charge in [-0.15, -0.1) is 22.7 Å². The topological polar surface area (TPSA) is 55.7 Å². The van der Waals surface area contributed by atoms with E-state index in [2.05, 4.69) is 21.6 Å². The summed E-state index contributed by atoms with van der Waals surface area (Å²) in [6.45, 7) is 3.97. The third-order valence-corrected chi connectivity index (χ3v) is 4.84. The summed E-state index contributed by atoms with van der Waals surface area (Å²) in [7, 11) is 1.63. The van der Waals surface area contributed by atoms with E-state index in [1.165, 1.54) is 11.3 Å². The quantitative estimate of drug-likeness (QED) is 0.462. The molecule has 130 valence electrons. The molecular weight excluding hydrogens is 354 g/mol. The predicted molar refractivity (Wildman–Crippen MR) is 105 cm³/mol. The first kappa shape index (κ1) is 17.4. The van der Waals surface area contributed by atoms with Crippen LogP contribution in [-0.4, -0.2) is 24.4 Å². The summed E-state index contributed by atoms with van der Waals surface area (Å²) in [6, 6.07) is 9.79. The van der Waals surface area contributed by atoms with Crippen LogP contribution in [0.4, 0.5) is 5.13 Å². The maximum absolute atomic E-state index is 5.71. The Labute approximate surface area is 155 Å². The van der Waals surface area contributed by atoms with Gasteiger partial charge in [-0.2, -0.15) is 5.10 Å². The molecule has 0 atom stereocenters. The molecule has 3 rings (SSSR count). The molecule has 0 spiro atoms. The summed E-state index contributed by atoms with van der Waals surface area (Å²) in [6.07, 6.45) is 1.82. The monoisotopic (exact) mass is 373 g/mol. The summed E-state index contributed by atoms with van der Waals surface area (Å²) in [5.74, 6) is 1.41. The Balaban J connectivity index is 1.66. The molecule has 1 aromatic carbocycles. The third-order valence-electron chi connectivity index (χ3n) is 3.20. The number of thiazole rings is 1. The molecule has 0 aliphatic rings. The number of anilines is 1. The van der Waals surface area contributed by atoms with Crippen molar-refractivity contribution in [2.24, 2.45) is 5.10 Å². The van der Waals surface area contributed by atoms with Crippen molar-refractivity contribution in [3.63, 3.8) is 0 Å². The number of aromatic nitrogens is 1. The maximum Gasteiger partial charge on any atom is 0.203 e. The van der Waals surface area contributed by atoms with Gasteiger partial charge in [0, 0.05) is 5.38 Å². The molecule has 25 heavy (non-hydrogen) atoms. The molecule has 0 aliphatic carbocycles. The molecule has 0 saturated carbocycles. The summed E-state index contributed by atoms with van der Waals surface area (Å²) >= 11 is 3.20. The Morgan fingerprint density at radius 1 is 1.20 bits per heavy atom. The fourth-order valence-electron chi connectivity index (χ4n) is 2.14. The molecule has 0 aliphatic heterocycles. The number of rotatable bonds is 7. The number of hydrazone groups is 1. The first-order chi connectivity index (χ1) is 12.2. The van der Waals surface area contributed by atoms with E-state index in [0.29, 0.717) is 5.75 Å². The van der Waals surface area contributed by atoms with Crippen molar-refractivity contribution in [2.75, 3.05) is 12.5 Å². The number of hydrogen-bond acceptors (Lipinski definition) is 7. The molecule has 0 amide bonds. The molecule has 0 fully saturated rings. The predicted octanol–water partition coefficient (Wildman–Crippen LogP) is 5.11. The largest absolute Gasteiger partial charge is 0.493 e. The zero-order chi connectivity index (χ0) is 17.6. The van der Waals surface area contributed by atoms with Crippen LogP contribution in [0.5, 0.6) is 11.5 Å². The van der Waals surface area contributed by atoms with Crippen LogP contribution in [0.2, 0.25) is 0 Å². The van der Waals surface area contributed by atoms with E-state index in [4.69, 9.17) is 9.47 Å². The van der Waals surface area contributed by atoms with E-state index < -0.39 is 0 Å². The molecule has 3 aromatic rings. The van der Waals surface area contributed by atoms with Crippen molar-refractivity contribution in [3.8, 4) is 22.1 Å². The van der Waals surface area contributed by atoms with Gasteiger partial charge in [0.25, 0.3) is 0 Å². The minimum atomic E-state index is 0.0949. The molecule has 2 aromatic heterocycles. The first-order valence-corrected chi connectivity index (χ1v) is 9.55. The van der Waals surface area contributed by atoms with Gasteiger partial charge in [0.15, 0.2) is 11.5 Å². The van der Waals surface area contributed by atoms with Gasteiger partial charge >= 0.3 is 0 Å². The fraction of sp³-hybridized carbons (Fsp3) is 0.222. The normalized spacial score (nSPS) is 11.2. The molecule has 1 N–H and O–H groups in total. The maximum atomic E-state index is 5.71. The minimum Gasteiger partial charge on any atom is -0.493 e. The van der Waals surface area contributed by atoms with Crippen LogP contribution in [-0.2, 0) is 0 Å². The van der Waals surface area contributed by atoms with Crippen LogP contribution in [0.25, 0.3) is 10.6 Å². The van der Waals surface area contributed by atoms with E-state index in [0.717, 1.165) is 27.0 Å². The van der Waals surface area contributed by atoms with Gasteiger partial charge in [0.2, 0.25) is 5.13 Å². The van der Waals surface area contributed by atoms with E-state index in [1.54, 1.807) is 24.7 Å². The second-order valence-electron chi connectivity index (χ2n) is 5.46. The number of methoxy groups -OCH3 is 1. The van der Waals surface area contributed by atoms with Gasteiger partial charge in [-0.25, -0.2) is 4.98 Å². The average molecular weight is 374 g/mol. The van der Waals surface area contributed by atoms with Gasteiger partial charge in [-0.05, 0) is 49.1 Å². The van der Waals surface area contributed by atoms with Crippen LogP contribution >= 0.6 is 22.7 Å². The van der Waals surface area contributed by atoms with Crippen molar-refractivity contribution in [2.45, 2.75) is 20.0 Å². The lowest BCUT2D eigenvalue weighted by Crippen LogP contribution is -2.06. The highest BCUT2D eigenvalue weighted by atomic mass is 32.1. The molecule has 0 radical (unpaired) electrons. The first-order valence-electron chi connectivity index (χ1n) is 7.79. The SMILES string of the molecule is COc1cc(/C=N\Nc2nc(-c3cccs3)cs2)ccc1OC(C)C. The van der Waals surface area contributed by atoms with Crippen LogP contribution in [0.1, 0.15) is 19.4 Å². The molecular formula is C18H19N3O2S2. The van der Waals surface area contributed by atoms with Crippen LogP contribution in [0.15, 0.2) is 46.2 Å². The van der Waals surface area contributed by atoms with E-state index in [-0.39, 0.29) is 6.10 Å². The Hall–Kier alpha value is -2.38. The Morgan fingerprint density at radius 3 is 2.80 bits per heavy atom. The van der Waals surface area contributed by atoms with Crippen LogP contribution < -0.4 is 14.9 Å². The number of benzene rings is 1. The summed E-state index contributed by atoms with van der Waals surface area (Å²) in [5.41, 5.74) is 4.85. The highest BCUT2D eigenvalue weighted by Gasteiger charge is 2.07. The second-order valence-corrected chi connectivity index (χ2v) is 7.27. The van der Waals surface area contributed by atoms with E-state index in [9.17, 15) is 0 Å². The number of hydrogen-bond donors (Lipinski definition) is 1. The van der Waals surface area contributed by atoms with Gasteiger partial charge in [-0.3, -0.25) is 5.43 Å². The van der Waals surface area contributed by atoms with Gasteiger partial charge in [-0.1, -0.05) is 6.07 Å². The summed E-state index contributed by atoms with van der Waals surface area (Å²) in [4.78, 5) is 5.68. The van der Waals surface area contributed by atoms with Crippen molar-refractivity contribution in [3.05, 3.63) is 46.7 Å². The number of nitrogens with zero attached hydrogens (tertiary/aromatic N) is 2. The van der Waals surface area contributed by atoms with Crippen molar-refractivity contribution < 1.29 is 9.47 Å². The molecule has 0 saturated heterocycles. The molecule has 7 heteroatoms. The smallest absolute Gasteiger partial charge is 0.203 e. The van der Waals surface area contributed by atoms with Crippen molar-refractivity contribution in [1.82, 2.24) is 4.98 Å². The number of nitrogens with one attached hydrogen (secondary N) is 1. The highest BCUT2D eigenvalue weighted by Crippen LogP contribution is 2.29. The third kappa shape index (κ3) is 4.58.